The molecule has 2 atom stereocenters. The van der Waals surface area contributed by atoms with Gasteiger partial charge >= 0.3 is 0 Å². The van der Waals surface area contributed by atoms with Gasteiger partial charge in [-0.25, -0.2) is 4.39 Å². The highest BCUT2D eigenvalue weighted by molar-refractivity contribution is 5.79. The van der Waals surface area contributed by atoms with Crippen molar-refractivity contribution in [1.29, 1.82) is 0 Å². The maximum absolute atomic E-state index is 12.2. The van der Waals surface area contributed by atoms with E-state index < -0.39 is 18.2 Å². The maximum Gasteiger partial charge on any atom is 0.246 e. The van der Waals surface area contributed by atoms with Crippen molar-refractivity contribution >= 4 is 5.91 Å². The average Bonchev–Trinajstić information content (AvgIpc) is 2.14. The highest BCUT2D eigenvalue weighted by Crippen LogP contribution is 2.14. The minimum atomic E-state index is -1.01. The summed E-state index contributed by atoms with van der Waals surface area (Å²) in [6.45, 7) is 0.00755. The lowest BCUT2D eigenvalue weighted by Gasteiger charge is -1.99. The number of amides is 1. The van der Waals surface area contributed by atoms with Crippen LogP contribution in [0.15, 0.2) is 0 Å². The molecule has 1 aliphatic heterocycles. The zero-order valence-electron chi connectivity index (χ0n) is 4.84. The van der Waals surface area contributed by atoms with Gasteiger partial charge < -0.3 is 10.5 Å². The molecule has 9 heavy (non-hydrogen) atoms. The van der Waals surface area contributed by atoms with Crippen molar-refractivity contribution in [2.75, 3.05) is 6.61 Å². The number of ether oxygens (including phenoxy) is 1. The number of alkyl halides is 1. The van der Waals surface area contributed by atoms with Crippen LogP contribution in [0.3, 0.4) is 0 Å². The van der Waals surface area contributed by atoms with E-state index in [0.29, 0.717) is 0 Å². The number of rotatable bonds is 1. The fraction of sp³-hybridized carbons (Fsp3) is 0.800. The third kappa shape index (κ3) is 1.38. The molecule has 0 aliphatic carbocycles. The van der Waals surface area contributed by atoms with Gasteiger partial charge in [-0.2, -0.15) is 0 Å². The van der Waals surface area contributed by atoms with Gasteiger partial charge in [0.1, 0.15) is 12.3 Å². The predicted molar refractivity (Wildman–Crippen MR) is 28.4 cm³/mol. The standard InChI is InChI=1S/C5H8FNO2/c6-3-1-4(5(7)8)9-2-3/h3-4H,1-2H2,(H2,7,8). The van der Waals surface area contributed by atoms with Crippen molar-refractivity contribution < 1.29 is 13.9 Å². The first-order chi connectivity index (χ1) is 4.20. The van der Waals surface area contributed by atoms with E-state index in [9.17, 15) is 9.18 Å². The Morgan fingerprint density at radius 2 is 2.44 bits per heavy atom. The molecule has 0 radical (unpaired) electrons. The number of carbonyl (C=O) groups is 1. The first-order valence-corrected chi connectivity index (χ1v) is 2.75. The summed E-state index contributed by atoms with van der Waals surface area (Å²) in [5, 5.41) is 0. The lowest BCUT2D eigenvalue weighted by Crippen LogP contribution is -2.27. The third-order valence-corrected chi connectivity index (χ3v) is 1.27. The molecular formula is C5H8FNO2. The summed E-state index contributed by atoms with van der Waals surface area (Å²) >= 11 is 0. The Kier molecular flexibility index (Phi) is 1.66. The molecule has 1 heterocycles. The average molecular weight is 133 g/mol. The van der Waals surface area contributed by atoms with Crippen molar-refractivity contribution in [3.05, 3.63) is 0 Å². The van der Waals surface area contributed by atoms with Crippen molar-refractivity contribution in [3.63, 3.8) is 0 Å². The van der Waals surface area contributed by atoms with Crippen molar-refractivity contribution in [2.45, 2.75) is 18.7 Å². The number of carbonyl (C=O) groups excluding carboxylic acids is 1. The summed E-state index contributed by atoms with van der Waals surface area (Å²) in [7, 11) is 0. The molecule has 2 N–H and O–H groups in total. The number of primary amides is 1. The van der Waals surface area contributed by atoms with E-state index in [1.807, 2.05) is 0 Å². The highest BCUT2D eigenvalue weighted by atomic mass is 19.1. The van der Waals surface area contributed by atoms with Crippen LogP contribution >= 0.6 is 0 Å². The molecule has 1 saturated heterocycles. The minimum absolute atomic E-state index is 0.00755. The van der Waals surface area contributed by atoms with Gasteiger partial charge in [0.05, 0.1) is 6.61 Å². The molecule has 1 fully saturated rings. The second kappa shape index (κ2) is 2.31. The van der Waals surface area contributed by atoms with Gasteiger partial charge in [0.15, 0.2) is 0 Å². The van der Waals surface area contributed by atoms with Crippen LogP contribution in [0.5, 0.6) is 0 Å². The number of halogens is 1. The zero-order chi connectivity index (χ0) is 6.85. The van der Waals surface area contributed by atoms with Crippen LogP contribution < -0.4 is 5.73 Å². The fourth-order valence-corrected chi connectivity index (χ4v) is 0.787. The van der Waals surface area contributed by atoms with Crippen LogP contribution in [0.2, 0.25) is 0 Å². The summed E-state index contributed by atoms with van der Waals surface area (Å²) in [5.74, 6) is -0.574. The quantitative estimate of drug-likeness (QED) is 0.529. The highest BCUT2D eigenvalue weighted by Gasteiger charge is 2.28. The molecule has 52 valence electrons. The monoisotopic (exact) mass is 133 g/mol. The summed E-state index contributed by atoms with van der Waals surface area (Å²) in [6, 6.07) is 0. The molecule has 0 spiro atoms. The first kappa shape index (κ1) is 6.48. The van der Waals surface area contributed by atoms with E-state index in [2.05, 4.69) is 4.74 Å². The zero-order valence-corrected chi connectivity index (χ0v) is 4.84. The van der Waals surface area contributed by atoms with Gasteiger partial charge in [-0.05, 0) is 0 Å². The third-order valence-electron chi connectivity index (χ3n) is 1.27. The molecule has 0 aromatic heterocycles. The molecular weight excluding hydrogens is 125 g/mol. The first-order valence-electron chi connectivity index (χ1n) is 2.75. The smallest absolute Gasteiger partial charge is 0.246 e. The van der Waals surface area contributed by atoms with Crippen molar-refractivity contribution in [2.24, 2.45) is 5.73 Å². The van der Waals surface area contributed by atoms with Crippen LogP contribution in [-0.2, 0) is 9.53 Å². The second-order valence-electron chi connectivity index (χ2n) is 2.06. The molecule has 2 unspecified atom stereocenters. The Hall–Kier alpha value is -0.640. The molecule has 0 saturated carbocycles. The number of nitrogens with two attached hydrogens (primary N) is 1. The SMILES string of the molecule is NC(=O)C1CC(F)CO1. The molecule has 1 rings (SSSR count). The molecule has 0 bridgehead atoms. The van der Waals surface area contributed by atoms with Crippen LogP contribution in [0.1, 0.15) is 6.42 Å². The van der Waals surface area contributed by atoms with E-state index in [-0.39, 0.29) is 13.0 Å². The van der Waals surface area contributed by atoms with Crippen LogP contribution in [-0.4, -0.2) is 24.8 Å². The summed E-state index contributed by atoms with van der Waals surface area (Å²) in [4.78, 5) is 10.3. The lowest BCUT2D eigenvalue weighted by atomic mass is 10.2. The topological polar surface area (TPSA) is 52.3 Å². The molecule has 0 aromatic rings. The number of hydrogen-bond donors (Lipinski definition) is 1. The fourth-order valence-electron chi connectivity index (χ4n) is 0.787. The normalized spacial score (nSPS) is 34.8. The molecule has 1 amide bonds. The van der Waals surface area contributed by atoms with Gasteiger partial charge in [-0.3, -0.25) is 4.79 Å². The van der Waals surface area contributed by atoms with E-state index in [4.69, 9.17) is 5.73 Å². The Labute approximate surface area is 52.0 Å². The van der Waals surface area contributed by atoms with Gasteiger partial charge in [-0.1, -0.05) is 0 Å². The van der Waals surface area contributed by atoms with E-state index in [0.717, 1.165) is 0 Å². The number of hydrogen-bond acceptors (Lipinski definition) is 2. The largest absolute Gasteiger partial charge is 0.367 e. The molecule has 1 aliphatic rings. The van der Waals surface area contributed by atoms with Gasteiger partial charge in [0.2, 0.25) is 5.91 Å². The van der Waals surface area contributed by atoms with E-state index in [1.54, 1.807) is 0 Å². The van der Waals surface area contributed by atoms with Gasteiger partial charge in [-0.15, -0.1) is 0 Å². The Morgan fingerprint density at radius 3 is 2.67 bits per heavy atom. The van der Waals surface area contributed by atoms with Crippen LogP contribution in [0.4, 0.5) is 4.39 Å². The van der Waals surface area contributed by atoms with Crippen LogP contribution in [0.25, 0.3) is 0 Å². The van der Waals surface area contributed by atoms with Gasteiger partial charge in [0.25, 0.3) is 0 Å². The van der Waals surface area contributed by atoms with Crippen molar-refractivity contribution in [1.82, 2.24) is 0 Å². The van der Waals surface area contributed by atoms with Gasteiger partial charge in [0, 0.05) is 6.42 Å². The summed E-state index contributed by atoms with van der Waals surface area (Å²) in [5.41, 5.74) is 4.83. The second-order valence-corrected chi connectivity index (χ2v) is 2.06. The molecule has 0 aromatic carbocycles. The maximum atomic E-state index is 12.2. The van der Waals surface area contributed by atoms with Crippen molar-refractivity contribution in [3.8, 4) is 0 Å². The molecule has 4 heteroatoms. The Bertz CT molecular complexity index is 128. The lowest BCUT2D eigenvalue weighted by molar-refractivity contribution is -0.126. The van der Waals surface area contributed by atoms with E-state index >= 15 is 0 Å². The Morgan fingerprint density at radius 1 is 1.78 bits per heavy atom. The summed E-state index contributed by atoms with van der Waals surface area (Å²) in [6.07, 6.45) is -1.59. The minimum Gasteiger partial charge on any atom is -0.367 e. The Balaban J connectivity index is 2.39. The van der Waals surface area contributed by atoms with Crippen LogP contribution in [0, 0.1) is 0 Å². The van der Waals surface area contributed by atoms with E-state index in [1.165, 1.54) is 0 Å². The molecule has 3 nitrogen and oxygen atoms in total. The summed E-state index contributed by atoms with van der Waals surface area (Å²) < 4.78 is 16.9. The predicted octanol–water partition coefficient (Wildman–Crippen LogP) is -0.401.